The Morgan fingerprint density at radius 3 is 2.64 bits per heavy atom. The molecule has 0 spiro atoms. The maximum Gasteiger partial charge on any atom is 0.119 e. The Balaban J connectivity index is 1.40. The van der Waals surface area contributed by atoms with Crippen molar-refractivity contribution in [3.63, 3.8) is 0 Å². The minimum absolute atomic E-state index is 0.0630. The van der Waals surface area contributed by atoms with Crippen molar-refractivity contribution < 1.29 is 9.47 Å². The summed E-state index contributed by atoms with van der Waals surface area (Å²) in [6.45, 7) is 7.18. The zero-order valence-electron chi connectivity index (χ0n) is 16.2. The van der Waals surface area contributed by atoms with Crippen LogP contribution in [0.15, 0.2) is 91.6 Å². The number of hydrogen-bond donors (Lipinski definition) is 0. The van der Waals surface area contributed by atoms with E-state index >= 15 is 0 Å². The quantitative estimate of drug-likeness (QED) is 0.659. The van der Waals surface area contributed by atoms with Crippen molar-refractivity contribution in [2.75, 3.05) is 19.7 Å². The van der Waals surface area contributed by atoms with Gasteiger partial charge in [-0.15, -0.1) is 6.58 Å². The molecule has 1 aliphatic carbocycles. The van der Waals surface area contributed by atoms with Crippen LogP contribution in [-0.4, -0.2) is 30.1 Å². The highest BCUT2D eigenvalue weighted by atomic mass is 16.5. The van der Waals surface area contributed by atoms with Crippen molar-refractivity contribution in [2.24, 2.45) is 0 Å². The van der Waals surface area contributed by atoms with Gasteiger partial charge in [-0.25, -0.2) is 0 Å². The first-order valence-corrected chi connectivity index (χ1v) is 9.90. The molecule has 1 aliphatic heterocycles. The highest BCUT2D eigenvalue weighted by Gasteiger charge is 2.35. The van der Waals surface area contributed by atoms with Crippen molar-refractivity contribution in [1.82, 2.24) is 4.90 Å². The molecule has 1 saturated heterocycles. The average molecular weight is 373 g/mol. The maximum absolute atomic E-state index is 6.08. The maximum atomic E-state index is 6.08. The van der Waals surface area contributed by atoms with Gasteiger partial charge in [0.25, 0.3) is 0 Å². The van der Waals surface area contributed by atoms with E-state index in [-0.39, 0.29) is 11.6 Å². The molecule has 0 unspecified atom stereocenters. The van der Waals surface area contributed by atoms with E-state index in [1.165, 1.54) is 11.1 Å². The van der Waals surface area contributed by atoms with Crippen molar-refractivity contribution >= 4 is 0 Å². The highest BCUT2D eigenvalue weighted by molar-refractivity contribution is 5.31. The molecule has 28 heavy (non-hydrogen) atoms. The van der Waals surface area contributed by atoms with Crippen LogP contribution in [0.25, 0.3) is 0 Å². The predicted molar refractivity (Wildman–Crippen MR) is 113 cm³/mol. The standard InChI is InChI=1S/C25H27NO2/c1-2-25(15-7-4-8-16-25)26-17-18-27-24(19-26)22-11-13-23(14-12-22)28-20-21-9-5-3-6-10-21/h2-15,24H,1,16-20H2/t24-,25-/m0/s1. The lowest BCUT2D eigenvalue weighted by Crippen LogP contribution is -2.52. The summed E-state index contributed by atoms with van der Waals surface area (Å²) in [6.07, 6.45) is 11.8. The third kappa shape index (κ3) is 4.11. The van der Waals surface area contributed by atoms with Crippen molar-refractivity contribution in [1.29, 1.82) is 0 Å². The molecule has 0 bridgehead atoms. The van der Waals surface area contributed by atoms with Crippen LogP contribution in [0.3, 0.4) is 0 Å². The van der Waals surface area contributed by atoms with Gasteiger partial charge in [-0.1, -0.05) is 72.8 Å². The number of ether oxygens (including phenoxy) is 2. The lowest BCUT2D eigenvalue weighted by Gasteiger charge is -2.44. The molecule has 2 aliphatic rings. The normalized spacial score (nSPS) is 24.8. The van der Waals surface area contributed by atoms with Crippen molar-refractivity contribution in [3.8, 4) is 5.75 Å². The van der Waals surface area contributed by atoms with Gasteiger partial charge in [0, 0.05) is 13.1 Å². The van der Waals surface area contributed by atoms with E-state index in [0.717, 1.165) is 31.9 Å². The molecule has 0 radical (unpaired) electrons. The van der Waals surface area contributed by atoms with Gasteiger partial charge in [0.15, 0.2) is 0 Å². The SMILES string of the molecule is C=C[C@]1(N2CCO[C@H](c3ccc(OCc4ccccc4)cc3)C2)C=CC=CC1. The first-order chi connectivity index (χ1) is 13.8. The second kappa shape index (κ2) is 8.59. The van der Waals surface area contributed by atoms with E-state index in [4.69, 9.17) is 9.47 Å². The number of nitrogens with zero attached hydrogens (tertiary/aromatic N) is 1. The molecular weight excluding hydrogens is 346 g/mol. The summed E-state index contributed by atoms with van der Waals surface area (Å²) in [5, 5.41) is 0. The van der Waals surface area contributed by atoms with Crippen LogP contribution in [0.5, 0.6) is 5.75 Å². The van der Waals surface area contributed by atoms with Crippen LogP contribution < -0.4 is 4.74 Å². The summed E-state index contributed by atoms with van der Waals surface area (Å²) in [5.74, 6) is 0.878. The fourth-order valence-electron chi connectivity index (χ4n) is 3.89. The molecule has 1 fully saturated rings. The van der Waals surface area contributed by atoms with Crippen molar-refractivity contribution in [3.05, 3.63) is 103 Å². The monoisotopic (exact) mass is 373 g/mol. The average Bonchev–Trinajstić information content (AvgIpc) is 2.79. The van der Waals surface area contributed by atoms with Gasteiger partial charge >= 0.3 is 0 Å². The Labute approximate surface area is 167 Å². The summed E-state index contributed by atoms with van der Waals surface area (Å²) in [4.78, 5) is 2.48. The van der Waals surface area contributed by atoms with E-state index in [1.807, 2.05) is 30.3 Å². The van der Waals surface area contributed by atoms with E-state index in [1.54, 1.807) is 0 Å². The van der Waals surface area contributed by atoms with Crippen LogP contribution in [0.1, 0.15) is 23.7 Å². The van der Waals surface area contributed by atoms with Gasteiger partial charge in [0.05, 0.1) is 18.2 Å². The zero-order valence-corrected chi connectivity index (χ0v) is 16.2. The van der Waals surface area contributed by atoms with Gasteiger partial charge in [-0.05, 0) is 29.7 Å². The number of allylic oxidation sites excluding steroid dienone is 2. The zero-order chi connectivity index (χ0) is 19.2. The molecule has 4 rings (SSSR count). The first-order valence-electron chi connectivity index (χ1n) is 9.90. The summed E-state index contributed by atoms with van der Waals surface area (Å²) in [6, 6.07) is 18.5. The summed E-state index contributed by atoms with van der Waals surface area (Å²) in [5.41, 5.74) is 2.25. The van der Waals surface area contributed by atoms with Crippen LogP contribution in [0.4, 0.5) is 0 Å². The van der Waals surface area contributed by atoms with Crippen LogP contribution in [-0.2, 0) is 11.3 Å². The van der Waals surface area contributed by atoms with Gasteiger partial charge in [0.2, 0.25) is 0 Å². The molecule has 3 heteroatoms. The second-order valence-corrected chi connectivity index (χ2v) is 7.34. The van der Waals surface area contributed by atoms with Gasteiger partial charge < -0.3 is 9.47 Å². The van der Waals surface area contributed by atoms with E-state index < -0.39 is 0 Å². The second-order valence-electron chi connectivity index (χ2n) is 7.34. The number of rotatable bonds is 6. The molecule has 0 amide bonds. The topological polar surface area (TPSA) is 21.7 Å². The Morgan fingerprint density at radius 2 is 1.93 bits per heavy atom. The molecular formula is C25H27NO2. The van der Waals surface area contributed by atoms with Gasteiger partial charge in [-0.2, -0.15) is 0 Å². The highest BCUT2D eigenvalue weighted by Crippen LogP contribution is 2.33. The largest absolute Gasteiger partial charge is 0.489 e. The molecule has 0 aromatic heterocycles. The summed E-state index contributed by atoms with van der Waals surface area (Å²) in [7, 11) is 0. The first kappa shape index (κ1) is 18.7. The number of morpholine rings is 1. The van der Waals surface area contributed by atoms with E-state index in [0.29, 0.717) is 6.61 Å². The van der Waals surface area contributed by atoms with Gasteiger partial charge in [0.1, 0.15) is 12.4 Å². The summed E-state index contributed by atoms with van der Waals surface area (Å²) >= 11 is 0. The molecule has 2 aromatic rings. The van der Waals surface area contributed by atoms with Crippen LogP contribution in [0, 0.1) is 0 Å². The molecule has 144 valence electrons. The minimum atomic E-state index is -0.102. The number of hydrogen-bond acceptors (Lipinski definition) is 3. The van der Waals surface area contributed by atoms with Crippen LogP contribution >= 0.6 is 0 Å². The lowest BCUT2D eigenvalue weighted by molar-refractivity contribution is -0.0511. The predicted octanol–water partition coefficient (Wildman–Crippen LogP) is 5.08. The van der Waals surface area contributed by atoms with Gasteiger partial charge in [-0.3, -0.25) is 4.90 Å². The van der Waals surface area contributed by atoms with Crippen molar-refractivity contribution in [2.45, 2.75) is 24.7 Å². The van der Waals surface area contributed by atoms with E-state index in [9.17, 15) is 0 Å². The van der Waals surface area contributed by atoms with E-state index in [2.05, 4.69) is 66.1 Å². The minimum Gasteiger partial charge on any atom is -0.489 e. The Bertz CT molecular complexity index is 841. The third-order valence-electron chi connectivity index (χ3n) is 5.59. The molecule has 0 N–H and O–H groups in total. The molecule has 0 saturated carbocycles. The Hall–Kier alpha value is -2.62. The Kier molecular flexibility index (Phi) is 5.75. The molecule has 1 heterocycles. The smallest absolute Gasteiger partial charge is 0.119 e. The Morgan fingerprint density at radius 1 is 1.11 bits per heavy atom. The molecule has 3 nitrogen and oxygen atoms in total. The van der Waals surface area contributed by atoms with Crippen LogP contribution in [0.2, 0.25) is 0 Å². The number of benzene rings is 2. The summed E-state index contributed by atoms with van der Waals surface area (Å²) < 4.78 is 12.0. The fraction of sp³-hybridized carbons (Fsp3) is 0.280. The lowest BCUT2D eigenvalue weighted by atomic mass is 9.88. The fourth-order valence-corrected chi connectivity index (χ4v) is 3.89. The third-order valence-corrected chi connectivity index (χ3v) is 5.59. The molecule has 2 aromatic carbocycles. The molecule has 2 atom stereocenters.